The Kier molecular flexibility index (Phi) is 2.70. The molecule has 0 radical (unpaired) electrons. The molecule has 17 heavy (non-hydrogen) atoms. The van der Waals surface area contributed by atoms with Gasteiger partial charge in [-0.05, 0) is 18.2 Å². The molecule has 1 aromatic rings. The molecule has 2 rings (SSSR count). The highest BCUT2D eigenvalue weighted by Crippen LogP contribution is 2.35. The first-order valence-electron chi connectivity index (χ1n) is 4.81. The predicted octanol–water partition coefficient (Wildman–Crippen LogP) is 1.43. The van der Waals surface area contributed by atoms with Crippen LogP contribution in [-0.4, -0.2) is 23.7 Å². The van der Waals surface area contributed by atoms with Gasteiger partial charge in [-0.25, -0.2) is 0 Å². The van der Waals surface area contributed by atoms with Gasteiger partial charge in [0.15, 0.2) is 0 Å². The van der Waals surface area contributed by atoms with Crippen LogP contribution in [0.25, 0.3) is 0 Å². The number of amides is 1. The number of anilines is 2. The van der Waals surface area contributed by atoms with Crippen molar-refractivity contribution in [1.29, 1.82) is 0 Å². The average Bonchev–Trinajstić information content (AvgIpc) is 2.26. The first kappa shape index (κ1) is 11.7. The van der Waals surface area contributed by atoms with E-state index in [1.54, 1.807) is 0 Å². The largest absolute Gasteiger partial charge is 0.416 e. The molecular weight excluding hydrogens is 237 g/mol. The third-order valence-corrected chi connectivity index (χ3v) is 2.43. The number of rotatable bonds is 1. The Labute approximate surface area is 94.4 Å². The second kappa shape index (κ2) is 3.92. The number of hydrogen-bond donors (Lipinski definition) is 3. The molecule has 0 saturated heterocycles. The Morgan fingerprint density at radius 2 is 2.00 bits per heavy atom. The Balaban J connectivity index is 2.36. The number of hydrogen-bond acceptors (Lipinski definition) is 3. The Bertz CT molecular complexity index is 459. The second-order valence-electron chi connectivity index (χ2n) is 3.63. The topological polar surface area (TPSA) is 61.4 Å². The number of carbonyl (C=O) groups excluding carboxylic acids is 1. The van der Waals surface area contributed by atoms with Crippen LogP contribution in [0, 0.1) is 0 Å². The summed E-state index contributed by atoms with van der Waals surface area (Å²) in [7, 11) is 0. The van der Waals surface area contributed by atoms with Crippen molar-refractivity contribution >= 4 is 17.3 Å². The highest BCUT2D eigenvalue weighted by Gasteiger charge is 2.33. The molecular formula is C10H9F3N2O2. The van der Waals surface area contributed by atoms with Crippen LogP contribution >= 0.6 is 0 Å². The van der Waals surface area contributed by atoms with E-state index in [1.165, 1.54) is 6.07 Å². The molecule has 1 aliphatic heterocycles. The quantitative estimate of drug-likeness (QED) is 0.702. The van der Waals surface area contributed by atoms with E-state index < -0.39 is 30.3 Å². The number of nitrogens with one attached hydrogen (secondary N) is 2. The molecule has 1 aromatic carbocycles. The highest BCUT2D eigenvalue weighted by molar-refractivity contribution is 6.03. The molecule has 92 valence electrons. The molecule has 1 aliphatic rings. The zero-order chi connectivity index (χ0) is 12.6. The van der Waals surface area contributed by atoms with Gasteiger partial charge in [-0.1, -0.05) is 0 Å². The second-order valence-corrected chi connectivity index (χ2v) is 3.63. The minimum Gasteiger partial charge on any atom is -0.394 e. The van der Waals surface area contributed by atoms with Crippen LogP contribution in [0.3, 0.4) is 0 Å². The molecule has 3 N–H and O–H groups in total. The van der Waals surface area contributed by atoms with Crippen LogP contribution in [0.15, 0.2) is 18.2 Å². The van der Waals surface area contributed by atoms with Crippen LogP contribution < -0.4 is 10.6 Å². The van der Waals surface area contributed by atoms with E-state index in [9.17, 15) is 18.0 Å². The summed E-state index contributed by atoms with van der Waals surface area (Å²) in [5.74, 6) is -0.556. The summed E-state index contributed by atoms with van der Waals surface area (Å²) in [4.78, 5) is 11.3. The van der Waals surface area contributed by atoms with Gasteiger partial charge in [-0.3, -0.25) is 4.79 Å². The minimum atomic E-state index is -4.45. The summed E-state index contributed by atoms with van der Waals surface area (Å²) in [6, 6.07) is 2.16. The van der Waals surface area contributed by atoms with Crippen molar-refractivity contribution < 1.29 is 23.1 Å². The fraction of sp³-hybridized carbons (Fsp3) is 0.300. The van der Waals surface area contributed by atoms with Crippen LogP contribution in [0.4, 0.5) is 24.5 Å². The maximum atomic E-state index is 12.4. The van der Waals surface area contributed by atoms with Gasteiger partial charge in [0.2, 0.25) is 5.91 Å². The van der Waals surface area contributed by atoms with Gasteiger partial charge in [0.05, 0.1) is 23.5 Å². The molecule has 0 aliphatic carbocycles. The summed E-state index contributed by atoms with van der Waals surface area (Å²) >= 11 is 0. The van der Waals surface area contributed by atoms with Gasteiger partial charge in [0, 0.05) is 0 Å². The number of carbonyl (C=O) groups is 1. The molecule has 0 bridgehead atoms. The molecule has 0 spiro atoms. The first-order valence-corrected chi connectivity index (χ1v) is 4.81. The lowest BCUT2D eigenvalue weighted by atomic mass is 10.1. The van der Waals surface area contributed by atoms with Gasteiger partial charge >= 0.3 is 6.18 Å². The molecule has 1 atom stereocenters. The third-order valence-electron chi connectivity index (χ3n) is 2.43. The van der Waals surface area contributed by atoms with E-state index in [1.807, 2.05) is 0 Å². The molecule has 7 heteroatoms. The summed E-state index contributed by atoms with van der Waals surface area (Å²) in [6.07, 6.45) is -4.45. The van der Waals surface area contributed by atoms with Gasteiger partial charge in [-0.15, -0.1) is 0 Å². The van der Waals surface area contributed by atoms with Gasteiger partial charge in [0.25, 0.3) is 0 Å². The maximum Gasteiger partial charge on any atom is 0.416 e. The number of aliphatic hydroxyl groups is 1. The van der Waals surface area contributed by atoms with Crippen LogP contribution in [0.5, 0.6) is 0 Å². The minimum absolute atomic E-state index is 0.0644. The van der Waals surface area contributed by atoms with Gasteiger partial charge < -0.3 is 15.7 Å². The lowest BCUT2D eigenvalue weighted by Gasteiger charge is -2.26. The van der Waals surface area contributed by atoms with E-state index in [2.05, 4.69) is 10.6 Å². The lowest BCUT2D eigenvalue weighted by Crippen LogP contribution is -2.41. The van der Waals surface area contributed by atoms with Crippen LogP contribution in [-0.2, 0) is 11.0 Å². The monoisotopic (exact) mass is 246 g/mol. The van der Waals surface area contributed by atoms with E-state index in [-0.39, 0.29) is 5.69 Å². The zero-order valence-corrected chi connectivity index (χ0v) is 8.51. The summed E-state index contributed by atoms with van der Waals surface area (Å²) in [6.45, 7) is -0.424. The van der Waals surface area contributed by atoms with Crippen molar-refractivity contribution in [2.75, 3.05) is 17.2 Å². The highest BCUT2D eigenvalue weighted by atomic mass is 19.4. The Hall–Kier alpha value is -1.76. The molecule has 0 saturated carbocycles. The predicted molar refractivity (Wildman–Crippen MR) is 54.6 cm³/mol. The zero-order valence-electron chi connectivity index (χ0n) is 8.51. The summed E-state index contributed by atoms with van der Waals surface area (Å²) < 4.78 is 37.3. The molecule has 1 heterocycles. The van der Waals surface area contributed by atoms with Gasteiger partial charge in [-0.2, -0.15) is 13.2 Å². The average molecular weight is 246 g/mol. The smallest absolute Gasteiger partial charge is 0.394 e. The number of aliphatic hydroxyl groups excluding tert-OH is 1. The molecule has 0 aromatic heterocycles. The van der Waals surface area contributed by atoms with E-state index >= 15 is 0 Å². The number of halogens is 3. The van der Waals surface area contributed by atoms with Crippen LogP contribution in [0.1, 0.15) is 5.56 Å². The Morgan fingerprint density at radius 3 is 2.59 bits per heavy atom. The number of benzene rings is 1. The van der Waals surface area contributed by atoms with Crippen molar-refractivity contribution in [3.63, 3.8) is 0 Å². The standard InChI is InChI=1S/C10H9F3N2O2/c11-10(12,13)5-1-2-6-7(3-5)15-9(17)8(4-16)14-6/h1-3,8,14,16H,4H2,(H,15,17)/t8-/m1/s1. The van der Waals surface area contributed by atoms with E-state index in [4.69, 9.17) is 5.11 Å². The van der Waals surface area contributed by atoms with Crippen LogP contribution in [0.2, 0.25) is 0 Å². The fourth-order valence-corrected chi connectivity index (χ4v) is 1.55. The molecule has 0 fully saturated rings. The fourth-order valence-electron chi connectivity index (χ4n) is 1.55. The van der Waals surface area contributed by atoms with Gasteiger partial charge in [0.1, 0.15) is 6.04 Å². The van der Waals surface area contributed by atoms with Crippen molar-refractivity contribution in [3.8, 4) is 0 Å². The SMILES string of the molecule is O=C1Nc2cc(C(F)(F)F)ccc2N[C@@H]1CO. The summed E-state index contributed by atoms with van der Waals surface area (Å²) in [5, 5.41) is 13.8. The van der Waals surface area contributed by atoms with Crippen molar-refractivity contribution in [2.24, 2.45) is 0 Å². The van der Waals surface area contributed by atoms with Crippen molar-refractivity contribution in [2.45, 2.75) is 12.2 Å². The number of alkyl halides is 3. The van der Waals surface area contributed by atoms with Crippen molar-refractivity contribution in [3.05, 3.63) is 23.8 Å². The normalized spacial score (nSPS) is 19.3. The van der Waals surface area contributed by atoms with E-state index in [0.29, 0.717) is 5.69 Å². The van der Waals surface area contributed by atoms with Crippen molar-refractivity contribution in [1.82, 2.24) is 0 Å². The number of fused-ring (bicyclic) bond motifs is 1. The molecule has 0 unspecified atom stereocenters. The molecule has 1 amide bonds. The van der Waals surface area contributed by atoms with E-state index in [0.717, 1.165) is 12.1 Å². The first-order chi connectivity index (χ1) is 7.91. The Morgan fingerprint density at radius 1 is 1.29 bits per heavy atom. The maximum absolute atomic E-state index is 12.4. The lowest BCUT2D eigenvalue weighted by molar-refractivity contribution is -0.137. The molecule has 4 nitrogen and oxygen atoms in total. The summed E-state index contributed by atoms with van der Waals surface area (Å²) in [5.41, 5.74) is -0.410. The third kappa shape index (κ3) is 2.19.